The molecule has 16 heteroatoms. The molecule has 34 heavy (non-hydrogen) atoms. The summed E-state index contributed by atoms with van der Waals surface area (Å²) in [6, 6.07) is -3.96. The standard InChI is InChI=1S/C18H30N10O6/c19-6-14(30)26-10(2-1-3-24-18(21)22)15(31)27-11(4-9-7-23-8-25-9)16(32)28-12(17(33)34)5-13(20)29/h7-8,10-12H,1-6,19H2,(H2,20,29)(H,23,25)(H,26,30)(H,27,31)(H,28,32)(H,33,34)(H4,21,22,24). The fourth-order valence-corrected chi connectivity index (χ4v) is 2.80. The lowest BCUT2D eigenvalue weighted by Crippen LogP contribution is -2.57. The van der Waals surface area contributed by atoms with Crippen molar-refractivity contribution in [2.75, 3.05) is 13.1 Å². The number of primary amides is 1. The van der Waals surface area contributed by atoms with Crippen molar-refractivity contribution in [1.29, 1.82) is 0 Å². The van der Waals surface area contributed by atoms with E-state index in [-0.39, 0.29) is 31.9 Å². The number of carboxylic acids is 1. The molecule has 1 rings (SSSR count). The summed E-state index contributed by atoms with van der Waals surface area (Å²) < 4.78 is 0. The van der Waals surface area contributed by atoms with Crippen LogP contribution < -0.4 is 38.9 Å². The molecule has 1 aromatic heterocycles. The molecule has 0 saturated carbocycles. The van der Waals surface area contributed by atoms with Gasteiger partial charge in [0.05, 0.1) is 19.3 Å². The van der Waals surface area contributed by atoms with Gasteiger partial charge in [0, 0.05) is 24.9 Å². The van der Waals surface area contributed by atoms with E-state index in [1.807, 2.05) is 0 Å². The van der Waals surface area contributed by atoms with Gasteiger partial charge in [-0.1, -0.05) is 0 Å². The number of nitrogens with zero attached hydrogens (tertiary/aromatic N) is 2. The van der Waals surface area contributed by atoms with Crippen molar-refractivity contribution in [2.45, 2.75) is 43.8 Å². The number of carbonyl (C=O) groups is 5. The van der Waals surface area contributed by atoms with Crippen LogP contribution >= 0.6 is 0 Å². The number of aliphatic imine (C=N–C) groups is 1. The zero-order valence-electron chi connectivity index (χ0n) is 18.3. The Kier molecular flexibility index (Phi) is 11.5. The summed E-state index contributed by atoms with van der Waals surface area (Å²) in [5.41, 5.74) is 21.3. The third-order valence-corrected chi connectivity index (χ3v) is 4.41. The first kappa shape index (κ1) is 27.8. The van der Waals surface area contributed by atoms with E-state index < -0.39 is 54.1 Å². The van der Waals surface area contributed by atoms with E-state index in [1.165, 1.54) is 12.5 Å². The maximum Gasteiger partial charge on any atom is 0.326 e. The molecule has 13 N–H and O–H groups in total. The van der Waals surface area contributed by atoms with Gasteiger partial charge in [-0.3, -0.25) is 24.2 Å². The van der Waals surface area contributed by atoms with Gasteiger partial charge in [0.1, 0.15) is 18.1 Å². The predicted octanol–water partition coefficient (Wildman–Crippen LogP) is -4.62. The second-order valence-corrected chi connectivity index (χ2v) is 7.19. The van der Waals surface area contributed by atoms with Gasteiger partial charge in [-0.05, 0) is 12.8 Å². The second kappa shape index (κ2) is 14.0. The van der Waals surface area contributed by atoms with Crippen LogP contribution in [-0.4, -0.2) is 81.8 Å². The van der Waals surface area contributed by atoms with Gasteiger partial charge < -0.3 is 49.0 Å². The van der Waals surface area contributed by atoms with E-state index >= 15 is 0 Å². The zero-order valence-corrected chi connectivity index (χ0v) is 18.3. The number of aromatic nitrogens is 2. The molecule has 4 amide bonds. The summed E-state index contributed by atoms with van der Waals surface area (Å²) in [5.74, 6) is -4.77. The largest absolute Gasteiger partial charge is 0.480 e. The first-order valence-electron chi connectivity index (χ1n) is 10.2. The lowest BCUT2D eigenvalue weighted by atomic mass is 10.1. The second-order valence-electron chi connectivity index (χ2n) is 7.19. The minimum absolute atomic E-state index is 0.0912. The number of guanidine groups is 1. The van der Waals surface area contributed by atoms with Gasteiger partial charge in [-0.2, -0.15) is 0 Å². The summed E-state index contributed by atoms with van der Waals surface area (Å²) in [5, 5.41) is 16.4. The Hall–Kier alpha value is -4.21. The maximum atomic E-state index is 12.9. The molecule has 188 valence electrons. The number of aliphatic carboxylic acids is 1. The first-order chi connectivity index (χ1) is 16.0. The molecule has 0 radical (unpaired) electrons. The van der Waals surface area contributed by atoms with E-state index in [9.17, 15) is 29.1 Å². The molecule has 0 bridgehead atoms. The Labute approximate surface area is 194 Å². The molecule has 16 nitrogen and oxygen atoms in total. The van der Waals surface area contributed by atoms with Gasteiger partial charge in [-0.15, -0.1) is 0 Å². The third kappa shape index (κ3) is 10.4. The van der Waals surface area contributed by atoms with Crippen LogP contribution in [0.3, 0.4) is 0 Å². The summed E-state index contributed by atoms with van der Waals surface area (Å²) in [4.78, 5) is 70.4. The van der Waals surface area contributed by atoms with Crippen molar-refractivity contribution >= 4 is 35.6 Å². The van der Waals surface area contributed by atoms with E-state index in [2.05, 4.69) is 30.9 Å². The molecule has 0 fully saturated rings. The number of amides is 4. The van der Waals surface area contributed by atoms with E-state index in [4.69, 9.17) is 22.9 Å². The van der Waals surface area contributed by atoms with Crippen molar-refractivity contribution in [1.82, 2.24) is 25.9 Å². The normalized spacial score (nSPS) is 13.1. The maximum absolute atomic E-state index is 12.9. The van der Waals surface area contributed by atoms with E-state index in [1.54, 1.807) is 0 Å². The minimum atomic E-state index is -1.60. The van der Waals surface area contributed by atoms with Gasteiger partial charge in [0.15, 0.2) is 5.96 Å². The molecule has 0 saturated heterocycles. The number of rotatable bonds is 15. The lowest BCUT2D eigenvalue weighted by Gasteiger charge is -2.24. The number of imidazole rings is 1. The highest BCUT2D eigenvalue weighted by atomic mass is 16.4. The van der Waals surface area contributed by atoms with Crippen LogP contribution in [0.15, 0.2) is 17.5 Å². The topological polar surface area (TPSA) is 287 Å². The van der Waals surface area contributed by atoms with Crippen LogP contribution in [0.25, 0.3) is 0 Å². The Morgan fingerprint density at radius 2 is 1.68 bits per heavy atom. The molecule has 0 aliphatic rings. The lowest BCUT2D eigenvalue weighted by molar-refractivity contribution is -0.143. The highest BCUT2D eigenvalue weighted by Gasteiger charge is 2.30. The van der Waals surface area contributed by atoms with Gasteiger partial charge in [0.2, 0.25) is 23.6 Å². The number of nitrogens with one attached hydrogen (secondary N) is 4. The van der Waals surface area contributed by atoms with Crippen LogP contribution in [0.2, 0.25) is 0 Å². The van der Waals surface area contributed by atoms with Gasteiger partial charge >= 0.3 is 5.97 Å². The molecule has 0 aliphatic carbocycles. The average Bonchev–Trinajstić information content (AvgIpc) is 3.27. The minimum Gasteiger partial charge on any atom is -0.480 e. The van der Waals surface area contributed by atoms with Crippen LogP contribution in [0.5, 0.6) is 0 Å². The number of hydrogen-bond donors (Lipinski definition) is 9. The smallest absolute Gasteiger partial charge is 0.326 e. The number of carboxylic acid groups (broad SMARTS) is 1. The quantitative estimate of drug-likeness (QED) is 0.0654. The molecular formula is C18H30N10O6. The number of hydrogen-bond acceptors (Lipinski definition) is 8. The van der Waals surface area contributed by atoms with E-state index in [0.29, 0.717) is 12.1 Å². The molecule has 0 spiro atoms. The average molecular weight is 483 g/mol. The highest BCUT2D eigenvalue weighted by molar-refractivity contribution is 5.94. The van der Waals surface area contributed by atoms with Gasteiger partial charge in [0.25, 0.3) is 0 Å². The van der Waals surface area contributed by atoms with Crippen molar-refractivity contribution in [3.05, 3.63) is 18.2 Å². The van der Waals surface area contributed by atoms with E-state index in [0.717, 1.165) is 0 Å². The summed E-state index contributed by atoms with van der Waals surface area (Å²) in [6.07, 6.45) is 2.46. The monoisotopic (exact) mass is 482 g/mol. The van der Waals surface area contributed by atoms with Crippen molar-refractivity contribution in [3.8, 4) is 0 Å². The Morgan fingerprint density at radius 1 is 1.03 bits per heavy atom. The Morgan fingerprint density at radius 3 is 2.21 bits per heavy atom. The number of H-pyrrole nitrogens is 1. The van der Waals surface area contributed by atoms with Crippen molar-refractivity contribution in [3.63, 3.8) is 0 Å². The summed E-state index contributed by atoms with van der Waals surface area (Å²) in [7, 11) is 0. The number of carbonyl (C=O) groups excluding carboxylic acids is 4. The highest BCUT2D eigenvalue weighted by Crippen LogP contribution is 2.04. The number of nitrogens with two attached hydrogens (primary N) is 4. The third-order valence-electron chi connectivity index (χ3n) is 4.41. The van der Waals surface area contributed by atoms with Crippen molar-refractivity contribution < 1.29 is 29.1 Å². The van der Waals surface area contributed by atoms with Crippen LogP contribution in [0.1, 0.15) is 25.0 Å². The molecule has 3 atom stereocenters. The van der Waals surface area contributed by atoms with Crippen LogP contribution in [0.4, 0.5) is 0 Å². The van der Waals surface area contributed by atoms with Gasteiger partial charge in [-0.25, -0.2) is 9.78 Å². The first-order valence-corrected chi connectivity index (χ1v) is 10.2. The van der Waals surface area contributed by atoms with Crippen molar-refractivity contribution in [2.24, 2.45) is 27.9 Å². The summed E-state index contributed by atoms with van der Waals surface area (Å²) >= 11 is 0. The molecule has 1 heterocycles. The molecule has 3 unspecified atom stereocenters. The Balaban J connectivity index is 3.01. The molecule has 0 aliphatic heterocycles. The fraction of sp³-hybridized carbons (Fsp3) is 0.500. The van der Waals surface area contributed by atoms with Crippen LogP contribution in [-0.2, 0) is 30.4 Å². The van der Waals surface area contributed by atoms with Crippen LogP contribution in [0, 0.1) is 0 Å². The number of aromatic amines is 1. The molecule has 1 aromatic rings. The fourth-order valence-electron chi connectivity index (χ4n) is 2.80. The molecule has 0 aromatic carbocycles. The SMILES string of the molecule is NCC(=O)NC(CCCN=C(N)N)C(=O)NC(Cc1cnc[nH]1)C(=O)NC(CC(N)=O)C(=O)O. The zero-order chi connectivity index (χ0) is 25.7. The summed E-state index contributed by atoms with van der Waals surface area (Å²) in [6.45, 7) is -0.181. The Bertz CT molecular complexity index is 884. The molecular weight excluding hydrogens is 452 g/mol. The predicted molar refractivity (Wildman–Crippen MR) is 118 cm³/mol.